The third kappa shape index (κ3) is 3.59. The Morgan fingerprint density at radius 3 is 2.79 bits per heavy atom. The lowest BCUT2D eigenvalue weighted by atomic mass is 10.2. The molecule has 0 aliphatic heterocycles. The van der Waals surface area contributed by atoms with Gasteiger partial charge in [-0.3, -0.25) is 4.79 Å². The molecular weight excluding hydrogens is 248 g/mol. The number of nitrogens with one attached hydrogen (secondary N) is 1. The first-order valence-corrected chi connectivity index (χ1v) is 5.77. The fourth-order valence-electron chi connectivity index (χ4n) is 1.59. The van der Waals surface area contributed by atoms with Crippen LogP contribution in [0.25, 0.3) is 11.0 Å². The number of para-hydroxylation sites is 1. The van der Waals surface area contributed by atoms with Crippen molar-refractivity contribution < 1.29 is 14.6 Å². The number of rotatable bonds is 6. The van der Waals surface area contributed by atoms with Gasteiger partial charge in [-0.15, -0.1) is 10.2 Å². The van der Waals surface area contributed by atoms with Gasteiger partial charge in [0.25, 0.3) is 0 Å². The lowest BCUT2D eigenvalue weighted by Gasteiger charge is -2.13. The molecule has 19 heavy (non-hydrogen) atoms. The summed E-state index contributed by atoms with van der Waals surface area (Å²) in [5.74, 6) is -0.558. The number of carboxylic acid groups (broad SMARTS) is 1. The number of ether oxygens (including phenoxy) is 1. The summed E-state index contributed by atoms with van der Waals surface area (Å²) in [6, 6.07) is 7.38. The highest BCUT2D eigenvalue weighted by molar-refractivity contribution is 5.74. The molecule has 2 rings (SSSR count). The summed E-state index contributed by atoms with van der Waals surface area (Å²) >= 11 is 0. The van der Waals surface area contributed by atoms with E-state index in [0.717, 1.165) is 5.52 Å². The van der Waals surface area contributed by atoms with Crippen molar-refractivity contribution in [3.05, 3.63) is 24.3 Å². The topological polar surface area (TPSA) is 97.2 Å². The van der Waals surface area contributed by atoms with Crippen molar-refractivity contribution in [2.45, 2.75) is 12.5 Å². The van der Waals surface area contributed by atoms with Crippen molar-refractivity contribution in [1.29, 1.82) is 0 Å². The van der Waals surface area contributed by atoms with Crippen LogP contribution in [0, 0.1) is 0 Å². The number of methoxy groups -OCH3 is 1. The first-order chi connectivity index (χ1) is 9.19. The van der Waals surface area contributed by atoms with Gasteiger partial charge in [0, 0.05) is 13.7 Å². The number of benzene rings is 1. The monoisotopic (exact) mass is 262 g/mol. The minimum absolute atomic E-state index is 0.0789. The average molecular weight is 262 g/mol. The molecule has 1 aromatic heterocycles. The summed E-state index contributed by atoms with van der Waals surface area (Å²) in [5, 5.41) is 19.6. The third-order valence-electron chi connectivity index (χ3n) is 2.58. The van der Waals surface area contributed by atoms with E-state index in [1.54, 1.807) is 0 Å². The van der Waals surface area contributed by atoms with Gasteiger partial charge >= 0.3 is 5.97 Å². The first-order valence-electron chi connectivity index (χ1n) is 5.77. The summed E-state index contributed by atoms with van der Waals surface area (Å²) in [5.41, 5.74) is 1.44. The van der Waals surface area contributed by atoms with Gasteiger partial charge in [0.15, 0.2) is 0 Å². The van der Waals surface area contributed by atoms with Gasteiger partial charge in [-0.1, -0.05) is 12.1 Å². The van der Waals surface area contributed by atoms with Crippen molar-refractivity contribution in [2.75, 3.05) is 19.0 Å². The van der Waals surface area contributed by atoms with Crippen LogP contribution in [0.3, 0.4) is 0 Å². The van der Waals surface area contributed by atoms with Crippen molar-refractivity contribution >= 4 is 23.0 Å². The Balaban J connectivity index is 2.02. The summed E-state index contributed by atoms with van der Waals surface area (Å²) in [6.07, 6.45) is -0.516. The quantitative estimate of drug-likeness (QED) is 0.799. The number of carboxylic acids is 1. The van der Waals surface area contributed by atoms with Crippen LogP contribution in [0.1, 0.15) is 6.42 Å². The maximum absolute atomic E-state index is 10.6. The van der Waals surface area contributed by atoms with Crippen molar-refractivity contribution in [1.82, 2.24) is 15.2 Å². The molecule has 1 atom stereocenters. The average Bonchev–Trinajstić information content (AvgIpc) is 2.42. The van der Waals surface area contributed by atoms with Gasteiger partial charge in [0.05, 0.1) is 18.0 Å². The number of nitrogens with zero attached hydrogens (tertiary/aromatic N) is 3. The van der Waals surface area contributed by atoms with Crippen LogP contribution < -0.4 is 5.32 Å². The minimum Gasteiger partial charge on any atom is -0.481 e. The van der Waals surface area contributed by atoms with Crippen LogP contribution in [0.2, 0.25) is 0 Å². The molecule has 0 bridgehead atoms. The number of aromatic nitrogens is 3. The van der Waals surface area contributed by atoms with Crippen LogP contribution in [-0.2, 0) is 9.53 Å². The number of carbonyl (C=O) groups is 1. The molecule has 0 aliphatic carbocycles. The van der Waals surface area contributed by atoms with Crippen molar-refractivity contribution in [3.63, 3.8) is 0 Å². The Hall–Kier alpha value is -2.28. The van der Waals surface area contributed by atoms with Gasteiger partial charge in [0.2, 0.25) is 5.95 Å². The zero-order valence-electron chi connectivity index (χ0n) is 10.4. The normalized spacial score (nSPS) is 12.3. The molecule has 2 aromatic rings. The Kier molecular flexibility index (Phi) is 4.19. The Morgan fingerprint density at radius 1 is 1.37 bits per heavy atom. The van der Waals surface area contributed by atoms with Crippen LogP contribution >= 0.6 is 0 Å². The highest BCUT2D eigenvalue weighted by Crippen LogP contribution is 2.09. The Morgan fingerprint density at radius 2 is 2.11 bits per heavy atom. The molecule has 2 N–H and O–H groups in total. The second-order valence-corrected chi connectivity index (χ2v) is 3.96. The van der Waals surface area contributed by atoms with Gasteiger partial charge in [-0.05, 0) is 12.1 Å². The summed E-state index contributed by atoms with van der Waals surface area (Å²) in [7, 11) is 1.47. The maximum atomic E-state index is 10.6. The largest absolute Gasteiger partial charge is 0.481 e. The van der Waals surface area contributed by atoms with Crippen LogP contribution in [-0.4, -0.2) is 46.0 Å². The van der Waals surface area contributed by atoms with Crippen LogP contribution in [0.5, 0.6) is 0 Å². The minimum atomic E-state index is -0.911. The molecule has 1 heterocycles. The standard InChI is InChI=1S/C12H14N4O3/c1-19-8(6-11(17)18)7-13-12-14-9-4-2-3-5-10(9)15-16-12/h2-5,8H,6-7H2,1H3,(H,17,18)(H,13,14,16). The first kappa shape index (κ1) is 13.2. The van der Waals surface area contributed by atoms with E-state index in [4.69, 9.17) is 9.84 Å². The molecule has 0 fully saturated rings. The predicted octanol–water partition coefficient (Wildman–Crippen LogP) is 0.926. The second-order valence-electron chi connectivity index (χ2n) is 3.96. The summed E-state index contributed by atoms with van der Waals surface area (Å²) < 4.78 is 5.05. The van der Waals surface area contributed by atoms with E-state index < -0.39 is 12.1 Å². The number of hydrogen-bond acceptors (Lipinski definition) is 6. The van der Waals surface area contributed by atoms with Crippen LogP contribution in [0.4, 0.5) is 5.95 Å². The number of anilines is 1. The molecule has 100 valence electrons. The van der Waals surface area contributed by atoms with Gasteiger partial charge < -0.3 is 15.2 Å². The molecule has 0 radical (unpaired) electrons. The number of aliphatic carboxylic acids is 1. The Bertz CT molecular complexity index is 576. The van der Waals surface area contributed by atoms with E-state index in [1.807, 2.05) is 24.3 Å². The van der Waals surface area contributed by atoms with Crippen molar-refractivity contribution in [2.24, 2.45) is 0 Å². The fourth-order valence-corrected chi connectivity index (χ4v) is 1.59. The molecule has 0 saturated carbocycles. The van der Waals surface area contributed by atoms with Gasteiger partial charge in [0.1, 0.15) is 5.52 Å². The molecule has 1 unspecified atom stereocenters. The lowest BCUT2D eigenvalue weighted by Crippen LogP contribution is -2.25. The Labute approximate surface area is 109 Å². The molecule has 0 saturated heterocycles. The van der Waals surface area contributed by atoms with E-state index >= 15 is 0 Å². The van der Waals surface area contributed by atoms with E-state index in [2.05, 4.69) is 20.5 Å². The summed E-state index contributed by atoms with van der Waals surface area (Å²) in [4.78, 5) is 14.9. The van der Waals surface area contributed by atoms with Crippen LogP contribution in [0.15, 0.2) is 24.3 Å². The molecule has 7 nitrogen and oxygen atoms in total. The second kappa shape index (κ2) is 6.05. The van der Waals surface area contributed by atoms with E-state index in [-0.39, 0.29) is 6.42 Å². The lowest BCUT2D eigenvalue weighted by molar-refractivity contribution is -0.139. The highest BCUT2D eigenvalue weighted by Gasteiger charge is 2.12. The summed E-state index contributed by atoms with van der Waals surface area (Å²) in [6.45, 7) is 0.308. The van der Waals surface area contributed by atoms with E-state index in [0.29, 0.717) is 18.0 Å². The zero-order valence-corrected chi connectivity index (χ0v) is 10.4. The zero-order chi connectivity index (χ0) is 13.7. The molecule has 0 aliphatic rings. The van der Waals surface area contributed by atoms with E-state index in [9.17, 15) is 4.79 Å². The third-order valence-corrected chi connectivity index (χ3v) is 2.58. The molecular formula is C12H14N4O3. The molecule has 0 spiro atoms. The van der Waals surface area contributed by atoms with Gasteiger partial charge in [-0.2, -0.15) is 0 Å². The number of fused-ring (bicyclic) bond motifs is 1. The number of hydrogen-bond donors (Lipinski definition) is 2. The van der Waals surface area contributed by atoms with Crippen molar-refractivity contribution in [3.8, 4) is 0 Å². The molecule has 1 aromatic carbocycles. The highest BCUT2D eigenvalue weighted by atomic mass is 16.5. The fraction of sp³-hybridized carbons (Fsp3) is 0.333. The molecule has 0 amide bonds. The maximum Gasteiger partial charge on any atom is 0.306 e. The van der Waals surface area contributed by atoms with E-state index in [1.165, 1.54) is 7.11 Å². The predicted molar refractivity (Wildman–Crippen MR) is 68.9 cm³/mol. The van der Waals surface area contributed by atoms with Gasteiger partial charge in [-0.25, -0.2) is 4.98 Å². The SMILES string of the molecule is COC(CNc1nnc2ccccc2n1)CC(=O)O. The smallest absolute Gasteiger partial charge is 0.306 e. The molecule has 7 heteroatoms.